The van der Waals surface area contributed by atoms with Crippen LogP contribution in [0.4, 0.5) is 0 Å². The van der Waals surface area contributed by atoms with Gasteiger partial charge in [0, 0.05) is 29.4 Å². The third-order valence-corrected chi connectivity index (χ3v) is 6.40. The van der Waals surface area contributed by atoms with Crippen LogP contribution in [0.2, 0.25) is 5.02 Å². The first kappa shape index (κ1) is 23.8. The number of benzene rings is 2. The highest BCUT2D eigenvalue weighted by Gasteiger charge is 2.36. The highest BCUT2D eigenvalue weighted by molar-refractivity contribution is 8.27. The zero-order valence-electron chi connectivity index (χ0n) is 18.9. The summed E-state index contributed by atoms with van der Waals surface area (Å²) in [7, 11) is 0. The van der Waals surface area contributed by atoms with Gasteiger partial charge in [-0.1, -0.05) is 23.7 Å². The smallest absolute Gasteiger partial charge is 0.283 e. The Kier molecular flexibility index (Phi) is 7.11. The van der Waals surface area contributed by atoms with Crippen LogP contribution >= 0.6 is 23.4 Å². The standard InChI is InChI=1S/C26H20ClN5O3S/c27-19-6-10-21(11-7-19)35-14-2-13-34-20-8-4-17(5-9-20)15-22-23(28)32-26(30-24(22)33)36-25(31-32)18-3-1-12-29-16-18/h1,3-12,15-16,28H,2,13-14H2. The molecule has 2 aliphatic heterocycles. The second-order valence-electron chi connectivity index (χ2n) is 7.74. The van der Waals surface area contributed by atoms with E-state index in [4.69, 9.17) is 26.5 Å². The zero-order valence-corrected chi connectivity index (χ0v) is 20.5. The van der Waals surface area contributed by atoms with Crippen LogP contribution in [0.1, 0.15) is 17.5 Å². The fourth-order valence-electron chi connectivity index (χ4n) is 3.39. The molecule has 5 rings (SSSR count). The number of thioether (sulfide) groups is 1. The zero-order chi connectivity index (χ0) is 24.9. The Bertz CT molecular complexity index is 1370. The van der Waals surface area contributed by atoms with Crippen LogP contribution in [0.25, 0.3) is 6.08 Å². The fourth-order valence-corrected chi connectivity index (χ4v) is 4.40. The molecular weight excluding hydrogens is 498 g/mol. The van der Waals surface area contributed by atoms with Gasteiger partial charge in [0.15, 0.2) is 5.84 Å². The minimum Gasteiger partial charge on any atom is -0.493 e. The first-order chi connectivity index (χ1) is 17.6. The topological polar surface area (TPSA) is 100 Å². The van der Waals surface area contributed by atoms with Gasteiger partial charge in [0.1, 0.15) is 16.5 Å². The van der Waals surface area contributed by atoms with E-state index in [9.17, 15) is 4.79 Å². The number of nitrogens with one attached hydrogen (secondary N) is 1. The number of hydrazone groups is 1. The second kappa shape index (κ2) is 10.8. The molecule has 0 radical (unpaired) electrons. The predicted molar refractivity (Wildman–Crippen MR) is 142 cm³/mol. The molecule has 0 unspecified atom stereocenters. The number of carbonyl (C=O) groups excluding carboxylic acids is 1. The Morgan fingerprint density at radius 3 is 2.36 bits per heavy atom. The van der Waals surface area contributed by atoms with E-state index in [1.165, 1.54) is 16.8 Å². The number of ether oxygens (including phenoxy) is 2. The van der Waals surface area contributed by atoms with Crippen LogP contribution in [0.3, 0.4) is 0 Å². The van der Waals surface area contributed by atoms with Gasteiger partial charge >= 0.3 is 0 Å². The maximum absolute atomic E-state index is 12.6. The van der Waals surface area contributed by atoms with Crippen LogP contribution in [0, 0.1) is 5.41 Å². The van der Waals surface area contributed by atoms with Gasteiger partial charge in [-0.25, -0.2) is 0 Å². The van der Waals surface area contributed by atoms with E-state index in [0.29, 0.717) is 34.2 Å². The Labute approximate surface area is 216 Å². The summed E-state index contributed by atoms with van der Waals surface area (Å²) < 4.78 is 11.4. The second-order valence-corrected chi connectivity index (χ2v) is 9.13. The number of amides is 1. The van der Waals surface area contributed by atoms with Crippen molar-refractivity contribution in [3.63, 3.8) is 0 Å². The maximum atomic E-state index is 12.6. The first-order valence-electron chi connectivity index (χ1n) is 11.1. The number of hydrogen-bond acceptors (Lipinski definition) is 7. The van der Waals surface area contributed by atoms with E-state index >= 15 is 0 Å². The Hall–Kier alpha value is -3.95. The van der Waals surface area contributed by atoms with E-state index < -0.39 is 5.91 Å². The van der Waals surface area contributed by atoms with Crippen molar-refractivity contribution in [1.29, 1.82) is 5.41 Å². The molecule has 0 saturated carbocycles. The summed E-state index contributed by atoms with van der Waals surface area (Å²) in [5.41, 5.74) is 1.73. The molecule has 3 aromatic rings. The van der Waals surface area contributed by atoms with Crippen LogP contribution in [0.5, 0.6) is 11.5 Å². The summed E-state index contributed by atoms with van der Waals surface area (Å²) in [5, 5.41) is 16.0. The molecule has 0 saturated heterocycles. The van der Waals surface area contributed by atoms with Crippen LogP contribution in [-0.4, -0.2) is 45.2 Å². The van der Waals surface area contributed by atoms with E-state index in [0.717, 1.165) is 23.3 Å². The molecule has 3 heterocycles. The summed E-state index contributed by atoms with van der Waals surface area (Å²) in [6.45, 7) is 1.02. The summed E-state index contributed by atoms with van der Waals surface area (Å²) in [4.78, 5) is 20.9. The third kappa shape index (κ3) is 5.48. The SMILES string of the molecule is N=C1C(=Cc2ccc(OCCCOc3ccc(Cl)cc3)cc2)C(=O)N=C2SC(c3cccnc3)=NN12. The van der Waals surface area contributed by atoms with Crippen molar-refractivity contribution in [3.05, 3.63) is 94.8 Å². The van der Waals surface area contributed by atoms with Gasteiger partial charge in [-0.3, -0.25) is 15.2 Å². The monoisotopic (exact) mass is 517 g/mol. The van der Waals surface area contributed by atoms with Crippen LogP contribution in [-0.2, 0) is 4.79 Å². The van der Waals surface area contributed by atoms with Crippen molar-refractivity contribution in [3.8, 4) is 11.5 Å². The Morgan fingerprint density at radius 1 is 1.00 bits per heavy atom. The first-order valence-corrected chi connectivity index (χ1v) is 12.3. The molecular formula is C26H20ClN5O3S. The normalized spacial score (nSPS) is 16.0. The third-order valence-electron chi connectivity index (χ3n) is 5.19. The average Bonchev–Trinajstić information content (AvgIpc) is 3.33. The number of nitrogens with zero attached hydrogens (tertiary/aromatic N) is 4. The maximum Gasteiger partial charge on any atom is 0.283 e. The molecule has 2 aliphatic rings. The molecule has 0 spiro atoms. The molecule has 36 heavy (non-hydrogen) atoms. The van der Waals surface area contributed by atoms with Crippen molar-refractivity contribution < 1.29 is 14.3 Å². The lowest BCUT2D eigenvalue weighted by molar-refractivity contribution is -0.114. The molecule has 0 fully saturated rings. The molecule has 10 heteroatoms. The summed E-state index contributed by atoms with van der Waals surface area (Å²) in [5.74, 6) is 0.984. The summed E-state index contributed by atoms with van der Waals surface area (Å²) >= 11 is 7.11. The number of carbonyl (C=O) groups is 1. The number of fused-ring (bicyclic) bond motifs is 1. The highest BCUT2D eigenvalue weighted by Crippen LogP contribution is 2.30. The molecule has 1 amide bonds. The highest BCUT2D eigenvalue weighted by atomic mass is 35.5. The van der Waals surface area contributed by atoms with Gasteiger partial charge in [-0.2, -0.15) is 15.1 Å². The number of aromatic nitrogens is 1. The molecule has 0 bridgehead atoms. The van der Waals surface area contributed by atoms with Crippen molar-refractivity contribution in [2.75, 3.05) is 13.2 Å². The lowest BCUT2D eigenvalue weighted by Crippen LogP contribution is -2.35. The van der Waals surface area contributed by atoms with Crippen molar-refractivity contribution >= 4 is 51.4 Å². The van der Waals surface area contributed by atoms with Gasteiger partial charge in [-0.05, 0) is 71.9 Å². The average molecular weight is 518 g/mol. The molecule has 180 valence electrons. The van der Waals surface area contributed by atoms with E-state index in [1.807, 2.05) is 48.5 Å². The Morgan fingerprint density at radius 2 is 1.69 bits per heavy atom. The number of amidine groups is 2. The molecule has 1 N–H and O–H groups in total. The molecule has 0 aliphatic carbocycles. The van der Waals surface area contributed by atoms with Crippen LogP contribution < -0.4 is 9.47 Å². The predicted octanol–water partition coefficient (Wildman–Crippen LogP) is 5.25. The molecule has 0 atom stereocenters. The minimum atomic E-state index is -0.470. The molecule has 2 aromatic carbocycles. The quantitative estimate of drug-likeness (QED) is 0.323. The van der Waals surface area contributed by atoms with Crippen LogP contribution in [0.15, 0.2) is 88.7 Å². The van der Waals surface area contributed by atoms with Crippen molar-refractivity contribution in [1.82, 2.24) is 9.99 Å². The lowest BCUT2D eigenvalue weighted by Gasteiger charge is -2.20. The molecule has 8 nitrogen and oxygen atoms in total. The van der Waals surface area contributed by atoms with Gasteiger partial charge in [0.25, 0.3) is 5.91 Å². The van der Waals surface area contributed by atoms with Gasteiger partial charge in [0.05, 0.1) is 18.8 Å². The Balaban J connectivity index is 1.17. The van der Waals surface area contributed by atoms with Crippen molar-refractivity contribution in [2.45, 2.75) is 6.42 Å². The summed E-state index contributed by atoms with van der Waals surface area (Å²) in [6.07, 6.45) is 5.71. The number of aliphatic imine (C=N–C) groups is 1. The van der Waals surface area contributed by atoms with Gasteiger partial charge in [-0.15, -0.1) is 0 Å². The number of rotatable bonds is 8. The van der Waals surface area contributed by atoms with E-state index in [-0.39, 0.29) is 11.4 Å². The number of hydrogen-bond donors (Lipinski definition) is 1. The van der Waals surface area contributed by atoms with Gasteiger partial charge in [0.2, 0.25) is 5.17 Å². The van der Waals surface area contributed by atoms with Gasteiger partial charge < -0.3 is 9.47 Å². The molecule has 1 aromatic heterocycles. The lowest BCUT2D eigenvalue weighted by atomic mass is 10.1. The largest absolute Gasteiger partial charge is 0.493 e. The fraction of sp³-hybridized carbons (Fsp3) is 0.115. The van der Waals surface area contributed by atoms with E-state index in [2.05, 4.69) is 15.1 Å². The van der Waals surface area contributed by atoms with E-state index in [1.54, 1.807) is 30.6 Å². The summed E-state index contributed by atoms with van der Waals surface area (Å²) in [6, 6.07) is 18.2. The minimum absolute atomic E-state index is 0.0163. The number of halogens is 1. The van der Waals surface area contributed by atoms with Crippen molar-refractivity contribution in [2.24, 2.45) is 10.1 Å². The number of pyridine rings is 1.